The van der Waals surface area contributed by atoms with E-state index in [1.54, 1.807) is 0 Å². The Morgan fingerprint density at radius 2 is 1.93 bits per heavy atom. The Kier molecular flexibility index (Phi) is 4.05. The summed E-state index contributed by atoms with van der Waals surface area (Å²) in [5.41, 5.74) is 1.15. The van der Waals surface area contributed by atoms with E-state index in [4.69, 9.17) is 0 Å². The van der Waals surface area contributed by atoms with Crippen LogP contribution in [0.4, 0.5) is 0 Å². The average molecular weight is 188 g/mol. The predicted octanol–water partition coefficient (Wildman–Crippen LogP) is 3.22. The van der Waals surface area contributed by atoms with Gasteiger partial charge in [-0.1, -0.05) is 20.8 Å². The van der Waals surface area contributed by atoms with Gasteiger partial charge in [0.25, 0.3) is 0 Å². The van der Waals surface area contributed by atoms with Crippen molar-refractivity contribution in [2.45, 2.75) is 27.2 Å². The predicted molar refractivity (Wildman–Crippen MR) is 60.3 cm³/mol. The van der Waals surface area contributed by atoms with E-state index in [-0.39, 0.29) is 0 Å². The first-order valence-electron chi connectivity index (χ1n) is 5.09. The van der Waals surface area contributed by atoms with Crippen LogP contribution in [0, 0.1) is 0 Å². The Hall–Kier alpha value is -1.44. The van der Waals surface area contributed by atoms with E-state index in [1.165, 1.54) is 10.8 Å². The van der Waals surface area contributed by atoms with Crippen LogP contribution in [0.25, 0.3) is 10.8 Å². The molecule has 0 atom stereocenters. The largest absolute Gasteiger partial charge is 0.264 e. The number of pyridine rings is 2. The van der Waals surface area contributed by atoms with Gasteiger partial charge in [0.05, 0.1) is 0 Å². The SMILES string of the molecule is CC.CCc1nccc2cnccc12. The minimum atomic E-state index is 0.974. The van der Waals surface area contributed by atoms with Gasteiger partial charge in [-0.2, -0.15) is 0 Å². The number of hydrogen-bond donors (Lipinski definition) is 0. The lowest BCUT2D eigenvalue weighted by Crippen LogP contribution is -1.88. The molecule has 0 amide bonds. The van der Waals surface area contributed by atoms with Crippen molar-refractivity contribution < 1.29 is 0 Å². The molecule has 0 saturated heterocycles. The third-order valence-electron chi connectivity index (χ3n) is 1.98. The van der Waals surface area contributed by atoms with Crippen LogP contribution in [0.3, 0.4) is 0 Å². The van der Waals surface area contributed by atoms with Crippen LogP contribution in [-0.2, 0) is 6.42 Å². The van der Waals surface area contributed by atoms with Crippen LogP contribution in [0.2, 0.25) is 0 Å². The molecule has 0 saturated carbocycles. The van der Waals surface area contributed by atoms with E-state index in [2.05, 4.69) is 16.9 Å². The Morgan fingerprint density at radius 3 is 2.64 bits per heavy atom. The van der Waals surface area contributed by atoms with E-state index in [0.29, 0.717) is 0 Å². The summed E-state index contributed by atoms with van der Waals surface area (Å²) >= 11 is 0. The van der Waals surface area contributed by atoms with Crippen molar-refractivity contribution in [2.24, 2.45) is 0 Å². The van der Waals surface area contributed by atoms with Gasteiger partial charge in [-0.25, -0.2) is 0 Å². The Bertz CT molecular complexity index is 391. The van der Waals surface area contributed by atoms with Gasteiger partial charge in [-0.3, -0.25) is 9.97 Å². The summed E-state index contributed by atoms with van der Waals surface area (Å²) in [6.45, 7) is 6.11. The van der Waals surface area contributed by atoms with E-state index in [0.717, 1.165) is 12.1 Å². The van der Waals surface area contributed by atoms with Crippen molar-refractivity contribution >= 4 is 10.8 Å². The maximum absolute atomic E-state index is 4.30. The molecule has 0 aliphatic carbocycles. The number of hydrogen-bond acceptors (Lipinski definition) is 2. The monoisotopic (exact) mass is 188 g/mol. The highest BCUT2D eigenvalue weighted by Crippen LogP contribution is 2.14. The molecule has 2 nitrogen and oxygen atoms in total. The molecule has 0 radical (unpaired) electrons. The van der Waals surface area contributed by atoms with Gasteiger partial charge in [0.1, 0.15) is 0 Å². The normalized spacial score (nSPS) is 9.36. The lowest BCUT2D eigenvalue weighted by Gasteiger charge is -2.00. The molecule has 0 unspecified atom stereocenters. The zero-order valence-corrected chi connectivity index (χ0v) is 8.99. The molecule has 2 heterocycles. The maximum atomic E-state index is 4.30. The van der Waals surface area contributed by atoms with E-state index in [1.807, 2.05) is 44.6 Å². The van der Waals surface area contributed by atoms with Crippen molar-refractivity contribution in [2.75, 3.05) is 0 Å². The van der Waals surface area contributed by atoms with Gasteiger partial charge < -0.3 is 0 Å². The summed E-state index contributed by atoms with van der Waals surface area (Å²) in [5.74, 6) is 0. The number of aromatic nitrogens is 2. The summed E-state index contributed by atoms with van der Waals surface area (Å²) < 4.78 is 0. The third kappa shape index (κ3) is 2.08. The third-order valence-corrected chi connectivity index (χ3v) is 1.98. The second-order valence-electron chi connectivity index (χ2n) is 2.71. The maximum Gasteiger partial charge on any atom is 0.0480 e. The fraction of sp³-hybridized carbons (Fsp3) is 0.333. The summed E-state index contributed by atoms with van der Waals surface area (Å²) in [4.78, 5) is 8.36. The summed E-state index contributed by atoms with van der Waals surface area (Å²) in [6, 6.07) is 4.00. The van der Waals surface area contributed by atoms with Crippen molar-refractivity contribution in [1.29, 1.82) is 0 Å². The molecule has 0 fully saturated rings. The minimum absolute atomic E-state index is 0.974. The summed E-state index contributed by atoms with van der Waals surface area (Å²) in [5, 5.41) is 2.39. The van der Waals surface area contributed by atoms with Crippen LogP contribution in [0.1, 0.15) is 26.5 Å². The average Bonchev–Trinajstić information content (AvgIpc) is 2.31. The Labute approximate surface area is 85.0 Å². The Balaban J connectivity index is 0.000000461. The molecule has 2 aromatic rings. The second-order valence-corrected chi connectivity index (χ2v) is 2.71. The highest BCUT2D eigenvalue weighted by atomic mass is 14.7. The molecular weight excluding hydrogens is 172 g/mol. The molecule has 2 rings (SSSR count). The van der Waals surface area contributed by atoms with Gasteiger partial charge in [-0.15, -0.1) is 0 Å². The summed E-state index contributed by atoms with van der Waals surface area (Å²) in [7, 11) is 0. The van der Waals surface area contributed by atoms with Crippen LogP contribution in [0.5, 0.6) is 0 Å². The van der Waals surface area contributed by atoms with Crippen LogP contribution in [0.15, 0.2) is 30.7 Å². The molecule has 0 aliphatic rings. The molecule has 74 valence electrons. The zero-order chi connectivity index (χ0) is 10.4. The van der Waals surface area contributed by atoms with Gasteiger partial charge >= 0.3 is 0 Å². The minimum Gasteiger partial charge on any atom is -0.264 e. The number of nitrogens with zero attached hydrogens (tertiary/aromatic N) is 2. The molecule has 14 heavy (non-hydrogen) atoms. The first-order chi connectivity index (χ1) is 6.92. The molecule has 0 spiro atoms. The number of rotatable bonds is 1. The van der Waals surface area contributed by atoms with Crippen molar-refractivity contribution in [3.05, 3.63) is 36.4 Å². The van der Waals surface area contributed by atoms with Gasteiger partial charge in [0.2, 0.25) is 0 Å². The zero-order valence-electron chi connectivity index (χ0n) is 8.99. The molecule has 0 aromatic carbocycles. The lowest BCUT2D eigenvalue weighted by atomic mass is 10.1. The van der Waals surface area contributed by atoms with Crippen molar-refractivity contribution in [3.63, 3.8) is 0 Å². The second kappa shape index (κ2) is 5.32. The van der Waals surface area contributed by atoms with Gasteiger partial charge in [0, 0.05) is 35.1 Å². The quantitative estimate of drug-likeness (QED) is 0.686. The molecule has 0 aliphatic heterocycles. The first-order valence-corrected chi connectivity index (χ1v) is 5.09. The van der Waals surface area contributed by atoms with Crippen molar-refractivity contribution in [1.82, 2.24) is 9.97 Å². The van der Waals surface area contributed by atoms with Gasteiger partial charge in [-0.05, 0) is 18.6 Å². The Morgan fingerprint density at radius 1 is 1.14 bits per heavy atom. The van der Waals surface area contributed by atoms with E-state index >= 15 is 0 Å². The van der Waals surface area contributed by atoms with Gasteiger partial charge in [0.15, 0.2) is 0 Å². The molecule has 2 heteroatoms. The fourth-order valence-corrected chi connectivity index (χ4v) is 1.36. The molecule has 2 aromatic heterocycles. The first kappa shape index (κ1) is 10.6. The van der Waals surface area contributed by atoms with Crippen molar-refractivity contribution in [3.8, 4) is 0 Å². The summed E-state index contributed by atoms with van der Waals surface area (Å²) in [6.07, 6.45) is 6.49. The van der Waals surface area contributed by atoms with E-state index < -0.39 is 0 Å². The number of aryl methyl sites for hydroxylation is 1. The molecular formula is C12H16N2. The highest BCUT2D eigenvalue weighted by Gasteiger charge is 1.97. The van der Waals surface area contributed by atoms with E-state index in [9.17, 15) is 0 Å². The van der Waals surface area contributed by atoms with Crippen LogP contribution < -0.4 is 0 Å². The topological polar surface area (TPSA) is 25.8 Å². The number of fused-ring (bicyclic) bond motifs is 1. The smallest absolute Gasteiger partial charge is 0.0480 e. The standard InChI is InChI=1S/C10H10N2.C2H6/c1-2-10-9-4-5-11-7-8(9)3-6-12-10;1-2/h3-7H,2H2,1H3;1-2H3. The molecule has 0 N–H and O–H groups in total. The van der Waals surface area contributed by atoms with Crippen LogP contribution >= 0.6 is 0 Å². The fourth-order valence-electron chi connectivity index (χ4n) is 1.36. The van der Waals surface area contributed by atoms with Crippen LogP contribution in [-0.4, -0.2) is 9.97 Å². The molecule has 0 bridgehead atoms. The lowest BCUT2D eigenvalue weighted by molar-refractivity contribution is 1.06. The highest BCUT2D eigenvalue weighted by molar-refractivity contribution is 5.83.